The lowest BCUT2D eigenvalue weighted by Crippen LogP contribution is -2.23. The highest BCUT2D eigenvalue weighted by Gasteiger charge is 2.40. The van der Waals surface area contributed by atoms with Crippen molar-refractivity contribution >= 4 is 11.9 Å². The van der Waals surface area contributed by atoms with Crippen LogP contribution in [0, 0.1) is 11.8 Å². The van der Waals surface area contributed by atoms with Crippen LogP contribution in [0.2, 0.25) is 0 Å². The Bertz CT molecular complexity index is 199. The number of esters is 1. The minimum Gasteiger partial charge on any atom is -0.481 e. The van der Waals surface area contributed by atoms with Crippen molar-refractivity contribution in [3.63, 3.8) is 0 Å². The largest absolute Gasteiger partial charge is 0.481 e. The number of ether oxygens (including phenoxy) is 1. The van der Waals surface area contributed by atoms with Crippen LogP contribution >= 0.6 is 0 Å². The Labute approximate surface area is 70.5 Å². The molecule has 1 heterocycles. The summed E-state index contributed by atoms with van der Waals surface area (Å²) in [6.07, 6.45) is 1.42. The highest BCUT2D eigenvalue weighted by atomic mass is 16.5. The minimum absolute atomic E-state index is 0.0405. The molecule has 0 aliphatic carbocycles. The molecule has 0 amide bonds. The number of hydrogen-bond acceptors (Lipinski definition) is 3. The maximum absolute atomic E-state index is 11.0. The number of carboxylic acid groups (broad SMARTS) is 1. The van der Waals surface area contributed by atoms with Gasteiger partial charge in [0.2, 0.25) is 0 Å². The molecule has 0 aromatic carbocycles. The van der Waals surface area contributed by atoms with Crippen molar-refractivity contribution in [3.05, 3.63) is 0 Å². The summed E-state index contributed by atoms with van der Waals surface area (Å²) in [7, 11) is 0. The fraction of sp³-hybridized carbons (Fsp3) is 0.750. The lowest BCUT2D eigenvalue weighted by Gasteiger charge is -2.08. The van der Waals surface area contributed by atoms with E-state index < -0.39 is 17.8 Å². The number of carboxylic acids is 1. The van der Waals surface area contributed by atoms with E-state index in [1.165, 1.54) is 0 Å². The molecular weight excluding hydrogens is 160 g/mol. The predicted octanol–water partition coefficient (Wildman–Crippen LogP) is 0.660. The molecule has 4 nitrogen and oxygen atoms in total. The Hall–Kier alpha value is -1.06. The average molecular weight is 172 g/mol. The zero-order valence-electron chi connectivity index (χ0n) is 6.95. The van der Waals surface area contributed by atoms with E-state index in [-0.39, 0.29) is 12.6 Å². The summed E-state index contributed by atoms with van der Waals surface area (Å²) in [6.45, 7) is 1.96. The smallest absolute Gasteiger partial charge is 0.310 e. The molecule has 4 heteroatoms. The van der Waals surface area contributed by atoms with Gasteiger partial charge >= 0.3 is 11.9 Å². The van der Waals surface area contributed by atoms with E-state index in [0.29, 0.717) is 6.42 Å². The normalized spacial score (nSPS) is 28.6. The molecule has 12 heavy (non-hydrogen) atoms. The fourth-order valence-electron chi connectivity index (χ4n) is 1.43. The molecule has 1 aliphatic rings. The Morgan fingerprint density at radius 2 is 2.42 bits per heavy atom. The van der Waals surface area contributed by atoms with Gasteiger partial charge in [0.05, 0.1) is 5.92 Å². The molecule has 68 valence electrons. The first-order valence-corrected chi connectivity index (χ1v) is 4.06. The summed E-state index contributed by atoms with van der Waals surface area (Å²) in [4.78, 5) is 21.6. The number of aliphatic carboxylic acids is 1. The molecule has 0 bridgehead atoms. The van der Waals surface area contributed by atoms with Crippen molar-refractivity contribution < 1.29 is 19.4 Å². The Morgan fingerprint density at radius 1 is 1.75 bits per heavy atom. The van der Waals surface area contributed by atoms with Gasteiger partial charge in [-0.2, -0.15) is 0 Å². The number of rotatable bonds is 3. The molecule has 1 rings (SSSR count). The van der Waals surface area contributed by atoms with E-state index in [9.17, 15) is 9.59 Å². The first-order valence-electron chi connectivity index (χ1n) is 4.06. The number of hydrogen-bond donors (Lipinski definition) is 1. The van der Waals surface area contributed by atoms with Crippen molar-refractivity contribution in [2.45, 2.75) is 19.8 Å². The molecule has 1 saturated heterocycles. The molecule has 0 aromatic rings. The third-order valence-corrected chi connectivity index (χ3v) is 2.11. The van der Waals surface area contributed by atoms with Gasteiger partial charge in [-0.25, -0.2) is 0 Å². The molecule has 2 unspecified atom stereocenters. The second-order valence-electron chi connectivity index (χ2n) is 2.97. The van der Waals surface area contributed by atoms with Crippen LogP contribution in [0.25, 0.3) is 0 Å². The van der Waals surface area contributed by atoms with Gasteiger partial charge in [0.25, 0.3) is 0 Å². The lowest BCUT2D eigenvalue weighted by molar-refractivity contribution is -0.144. The summed E-state index contributed by atoms with van der Waals surface area (Å²) in [5.41, 5.74) is 0. The van der Waals surface area contributed by atoms with Gasteiger partial charge in [-0.15, -0.1) is 0 Å². The summed E-state index contributed by atoms with van der Waals surface area (Å²) < 4.78 is 4.67. The van der Waals surface area contributed by atoms with Gasteiger partial charge in [0.15, 0.2) is 0 Å². The van der Waals surface area contributed by atoms with Crippen LogP contribution in [0.4, 0.5) is 0 Å². The van der Waals surface area contributed by atoms with Crippen LogP contribution in [-0.2, 0) is 14.3 Å². The van der Waals surface area contributed by atoms with E-state index in [0.717, 1.165) is 6.42 Å². The highest BCUT2D eigenvalue weighted by molar-refractivity contribution is 5.83. The van der Waals surface area contributed by atoms with E-state index in [2.05, 4.69) is 4.74 Å². The molecule has 1 fully saturated rings. The molecule has 2 atom stereocenters. The van der Waals surface area contributed by atoms with Gasteiger partial charge in [-0.3, -0.25) is 9.59 Å². The number of cyclic esters (lactones) is 1. The van der Waals surface area contributed by atoms with Gasteiger partial charge in [0.1, 0.15) is 12.5 Å². The van der Waals surface area contributed by atoms with E-state index in [1.807, 2.05) is 6.92 Å². The Morgan fingerprint density at radius 3 is 2.92 bits per heavy atom. The molecule has 1 aliphatic heterocycles. The van der Waals surface area contributed by atoms with Crippen LogP contribution in [0.3, 0.4) is 0 Å². The zero-order valence-corrected chi connectivity index (χ0v) is 6.95. The first-order chi connectivity index (χ1) is 5.66. The standard InChI is InChI=1S/C8H12O4/c1-2-3-5-6(7(9)10)4-12-8(5)11/h5-6H,2-4H2,1H3,(H,9,10). The molecular formula is C8H12O4. The van der Waals surface area contributed by atoms with Gasteiger partial charge in [-0.05, 0) is 6.42 Å². The van der Waals surface area contributed by atoms with E-state index in [1.54, 1.807) is 0 Å². The minimum atomic E-state index is -0.931. The quantitative estimate of drug-likeness (QED) is 0.635. The predicted molar refractivity (Wildman–Crippen MR) is 40.5 cm³/mol. The first kappa shape index (κ1) is 9.03. The van der Waals surface area contributed by atoms with Gasteiger partial charge < -0.3 is 9.84 Å². The van der Waals surface area contributed by atoms with Gasteiger partial charge in [-0.1, -0.05) is 13.3 Å². The van der Waals surface area contributed by atoms with Crippen LogP contribution in [0.1, 0.15) is 19.8 Å². The third kappa shape index (κ3) is 1.57. The average Bonchev–Trinajstić information content (AvgIpc) is 2.34. The summed E-state index contributed by atoms with van der Waals surface area (Å²) >= 11 is 0. The number of carbonyl (C=O) groups is 2. The van der Waals surface area contributed by atoms with Crippen molar-refractivity contribution in [1.29, 1.82) is 0 Å². The fourth-order valence-corrected chi connectivity index (χ4v) is 1.43. The maximum Gasteiger partial charge on any atom is 0.310 e. The van der Waals surface area contributed by atoms with Crippen molar-refractivity contribution in [3.8, 4) is 0 Å². The summed E-state index contributed by atoms with van der Waals surface area (Å²) in [5, 5.41) is 8.70. The van der Waals surface area contributed by atoms with Crippen molar-refractivity contribution in [1.82, 2.24) is 0 Å². The summed E-state index contributed by atoms with van der Waals surface area (Å²) in [6, 6.07) is 0. The Balaban J connectivity index is 2.63. The van der Waals surface area contributed by atoms with Crippen LogP contribution < -0.4 is 0 Å². The summed E-state index contributed by atoms with van der Waals surface area (Å²) in [5.74, 6) is -2.34. The SMILES string of the molecule is CCCC1C(=O)OCC1C(=O)O. The maximum atomic E-state index is 11.0. The molecule has 0 spiro atoms. The third-order valence-electron chi connectivity index (χ3n) is 2.11. The molecule has 0 radical (unpaired) electrons. The molecule has 0 saturated carbocycles. The molecule has 1 N–H and O–H groups in total. The number of carbonyl (C=O) groups excluding carboxylic acids is 1. The molecule has 0 aromatic heterocycles. The highest BCUT2D eigenvalue weighted by Crippen LogP contribution is 2.26. The lowest BCUT2D eigenvalue weighted by atomic mass is 9.91. The van der Waals surface area contributed by atoms with Crippen LogP contribution in [0.15, 0.2) is 0 Å². The van der Waals surface area contributed by atoms with E-state index in [4.69, 9.17) is 5.11 Å². The van der Waals surface area contributed by atoms with E-state index >= 15 is 0 Å². The zero-order chi connectivity index (χ0) is 9.14. The van der Waals surface area contributed by atoms with Crippen LogP contribution in [-0.4, -0.2) is 23.7 Å². The van der Waals surface area contributed by atoms with Crippen LogP contribution in [0.5, 0.6) is 0 Å². The van der Waals surface area contributed by atoms with Crippen molar-refractivity contribution in [2.75, 3.05) is 6.61 Å². The monoisotopic (exact) mass is 172 g/mol. The van der Waals surface area contributed by atoms with Crippen molar-refractivity contribution in [2.24, 2.45) is 11.8 Å². The second-order valence-corrected chi connectivity index (χ2v) is 2.97. The second kappa shape index (κ2) is 3.56. The topological polar surface area (TPSA) is 63.6 Å². The Kier molecular flexibility index (Phi) is 2.68. The van der Waals surface area contributed by atoms with Gasteiger partial charge in [0, 0.05) is 0 Å².